The van der Waals surface area contributed by atoms with E-state index >= 15 is 0 Å². The van der Waals surface area contributed by atoms with E-state index in [1.807, 2.05) is 27.7 Å². The average Bonchev–Trinajstić information content (AvgIpc) is 2.18. The molecule has 0 aromatic heterocycles. The minimum Gasteiger partial charge on any atom is -0.373 e. The molecule has 0 rings (SSSR count). The predicted molar refractivity (Wildman–Crippen MR) is 66.9 cm³/mol. The molecule has 1 unspecified atom stereocenters. The summed E-state index contributed by atoms with van der Waals surface area (Å²) in [7, 11) is -2.85. The molecular formula is C10H26N2O3Si. The molecule has 0 aliphatic carbocycles. The summed E-state index contributed by atoms with van der Waals surface area (Å²) in [5.74, 6) is 0. The highest BCUT2D eigenvalue weighted by atomic mass is 28.4. The summed E-state index contributed by atoms with van der Waals surface area (Å²) >= 11 is 0. The first kappa shape index (κ1) is 16.0. The van der Waals surface area contributed by atoms with Crippen LogP contribution < -0.4 is 11.5 Å². The van der Waals surface area contributed by atoms with E-state index in [2.05, 4.69) is 0 Å². The van der Waals surface area contributed by atoms with Crippen molar-refractivity contribution in [1.82, 2.24) is 0 Å². The lowest BCUT2D eigenvalue weighted by molar-refractivity contribution is 0.0466. The van der Waals surface area contributed by atoms with Crippen LogP contribution in [0.3, 0.4) is 0 Å². The Morgan fingerprint density at radius 1 is 1.00 bits per heavy atom. The SMILES string of the molecule is CCO[Si](OCC)(OCC)C(C)(N)CCN. The third-order valence-electron chi connectivity index (χ3n) is 2.37. The van der Waals surface area contributed by atoms with Crippen LogP contribution >= 0.6 is 0 Å². The molecule has 0 fully saturated rings. The highest BCUT2D eigenvalue weighted by molar-refractivity contribution is 6.64. The quantitative estimate of drug-likeness (QED) is 0.587. The van der Waals surface area contributed by atoms with Gasteiger partial charge in [0.1, 0.15) is 0 Å². The number of hydrogen-bond donors (Lipinski definition) is 2. The third kappa shape index (κ3) is 3.79. The molecule has 0 aliphatic heterocycles. The zero-order valence-electron chi connectivity index (χ0n) is 10.9. The lowest BCUT2D eigenvalue weighted by atomic mass is 10.2. The molecular weight excluding hydrogens is 224 g/mol. The van der Waals surface area contributed by atoms with Crippen LogP contribution in [-0.4, -0.2) is 40.3 Å². The van der Waals surface area contributed by atoms with Crippen molar-refractivity contribution in [3.63, 3.8) is 0 Å². The van der Waals surface area contributed by atoms with Crippen molar-refractivity contribution in [3.05, 3.63) is 0 Å². The van der Waals surface area contributed by atoms with Crippen molar-refractivity contribution in [2.45, 2.75) is 39.3 Å². The van der Waals surface area contributed by atoms with Crippen molar-refractivity contribution in [2.24, 2.45) is 11.5 Å². The van der Waals surface area contributed by atoms with Crippen molar-refractivity contribution in [3.8, 4) is 0 Å². The summed E-state index contributed by atoms with van der Waals surface area (Å²) in [5.41, 5.74) is 11.8. The zero-order valence-corrected chi connectivity index (χ0v) is 11.9. The van der Waals surface area contributed by atoms with Gasteiger partial charge in [-0.05, 0) is 40.7 Å². The van der Waals surface area contributed by atoms with Crippen molar-refractivity contribution < 1.29 is 13.3 Å². The first-order chi connectivity index (χ1) is 7.49. The van der Waals surface area contributed by atoms with E-state index in [1.165, 1.54) is 0 Å². The maximum atomic E-state index is 6.27. The van der Waals surface area contributed by atoms with E-state index in [4.69, 9.17) is 24.7 Å². The van der Waals surface area contributed by atoms with Gasteiger partial charge in [0.15, 0.2) is 0 Å². The van der Waals surface area contributed by atoms with Gasteiger partial charge >= 0.3 is 8.80 Å². The average molecular weight is 250 g/mol. The molecule has 0 aromatic carbocycles. The van der Waals surface area contributed by atoms with Gasteiger partial charge in [-0.25, -0.2) is 0 Å². The second-order valence-corrected chi connectivity index (χ2v) is 6.93. The van der Waals surface area contributed by atoms with Crippen molar-refractivity contribution >= 4 is 8.80 Å². The molecule has 4 N–H and O–H groups in total. The molecule has 0 spiro atoms. The highest BCUT2D eigenvalue weighted by Gasteiger charge is 2.55. The van der Waals surface area contributed by atoms with Gasteiger partial charge in [0.05, 0.1) is 5.16 Å². The standard InChI is InChI=1S/C10H26N2O3Si/c1-5-13-16(14-6-2,15-7-3)10(4,12)8-9-11/h5-9,11-12H2,1-4H3. The first-order valence-corrected chi connectivity index (χ1v) is 7.62. The van der Waals surface area contributed by atoms with Crippen LogP contribution in [0.25, 0.3) is 0 Å². The first-order valence-electron chi connectivity index (χ1n) is 5.90. The largest absolute Gasteiger partial charge is 0.521 e. The molecule has 1 atom stereocenters. The lowest BCUT2D eigenvalue weighted by Gasteiger charge is -2.40. The van der Waals surface area contributed by atoms with E-state index in [0.29, 0.717) is 32.8 Å². The van der Waals surface area contributed by atoms with E-state index in [9.17, 15) is 0 Å². The maximum Gasteiger partial charge on any atom is 0.521 e. The smallest absolute Gasteiger partial charge is 0.373 e. The molecule has 0 amide bonds. The summed E-state index contributed by atoms with van der Waals surface area (Å²) in [6.45, 7) is 9.73. The monoisotopic (exact) mass is 250 g/mol. The van der Waals surface area contributed by atoms with Gasteiger partial charge in [0.2, 0.25) is 0 Å². The second-order valence-electron chi connectivity index (χ2n) is 3.81. The summed E-state index contributed by atoms with van der Waals surface area (Å²) in [4.78, 5) is 0. The fraction of sp³-hybridized carbons (Fsp3) is 1.00. The van der Waals surface area contributed by atoms with Crippen LogP contribution in [0.5, 0.6) is 0 Å². The lowest BCUT2D eigenvalue weighted by Crippen LogP contribution is -2.69. The number of hydrogen-bond acceptors (Lipinski definition) is 5. The van der Waals surface area contributed by atoms with E-state index in [-0.39, 0.29) is 0 Å². The molecule has 0 bridgehead atoms. The van der Waals surface area contributed by atoms with Crippen LogP contribution in [0.4, 0.5) is 0 Å². The fourth-order valence-electron chi connectivity index (χ4n) is 1.64. The normalized spacial score (nSPS) is 16.1. The Morgan fingerprint density at radius 3 is 1.62 bits per heavy atom. The number of rotatable bonds is 9. The van der Waals surface area contributed by atoms with Crippen LogP contribution in [0.1, 0.15) is 34.1 Å². The van der Waals surface area contributed by atoms with Crippen LogP contribution in [0, 0.1) is 0 Å². The van der Waals surface area contributed by atoms with Gasteiger partial charge in [-0.1, -0.05) is 0 Å². The van der Waals surface area contributed by atoms with Gasteiger partial charge < -0.3 is 24.7 Å². The molecule has 0 saturated carbocycles. The third-order valence-corrected chi connectivity index (χ3v) is 6.02. The topological polar surface area (TPSA) is 79.7 Å². The van der Waals surface area contributed by atoms with Gasteiger partial charge in [0, 0.05) is 19.8 Å². The zero-order chi connectivity index (χ0) is 12.7. The van der Waals surface area contributed by atoms with Gasteiger partial charge in [-0.3, -0.25) is 0 Å². The molecule has 5 nitrogen and oxygen atoms in total. The summed E-state index contributed by atoms with van der Waals surface area (Å²) < 4.78 is 17.2. The maximum absolute atomic E-state index is 6.27. The van der Waals surface area contributed by atoms with Crippen LogP contribution in [-0.2, 0) is 13.3 Å². The second kappa shape index (κ2) is 7.36. The Morgan fingerprint density at radius 2 is 1.38 bits per heavy atom. The van der Waals surface area contributed by atoms with Crippen LogP contribution in [0.15, 0.2) is 0 Å². The van der Waals surface area contributed by atoms with Crippen molar-refractivity contribution in [1.29, 1.82) is 0 Å². The molecule has 0 aromatic rings. The van der Waals surface area contributed by atoms with Crippen LogP contribution in [0.2, 0.25) is 0 Å². The number of nitrogens with two attached hydrogens (primary N) is 2. The molecule has 0 heterocycles. The fourth-order valence-corrected chi connectivity index (χ4v) is 4.47. The molecule has 0 aliphatic rings. The van der Waals surface area contributed by atoms with Crippen molar-refractivity contribution in [2.75, 3.05) is 26.4 Å². The Balaban J connectivity index is 4.96. The minimum absolute atomic E-state index is 0.495. The summed E-state index contributed by atoms with van der Waals surface area (Å²) in [6.07, 6.45) is 0.624. The Labute approximate surface area is 99.8 Å². The van der Waals surface area contributed by atoms with Gasteiger partial charge in [-0.2, -0.15) is 0 Å². The predicted octanol–water partition coefficient (Wildman–Crippen LogP) is 0.640. The van der Waals surface area contributed by atoms with E-state index in [0.717, 1.165) is 0 Å². The van der Waals surface area contributed by atoms with E-state index < -0.39 is 14.0 Å². The Kier molecular flexibility index (Phi) is 7.37. The van der Waals surface area contributed by atoms with Gasteiger partial charge in [0.25, 0.3) is 0 Å². The molecule has 6 heteroatoms. The van der Waals surface area contributed by atoms with E-state index in [1.54, 1.807) is 0 Å². The van der Waals surface area contributed by atoms with Gasteiger partial charge in [-0.15, -0.1) is 0 Å². The minimum atomic E-state index is -2.85. The Hall–Kier alpha value is 0.0169. The highest BCUT2D eigenvalue weighted by Crippen LogP contribution is 2.25. The molecule has 16 heavy (non-hydrogen) atoms. The molecule has 0 radical (unpaired) electrons. The molecule has 98 valence electrons. The summed E-state index contributed by atoms with van der Waals surface area (Å²) in [6, 6.07) is 0. The Bertz CT molecular complexity index is 174. The summed E-state index contributed by atoms with van der Waals surface area (Å²) in [5, 5.41) is -0.635. The molecule has 0 saturated heterocycles.